The summed E-state index contributed by atoms with van der Waals surface area (Å²) in [5, 5.41) is 11.8. The highest BCUT2D eigenvalue weighted by Gasteiger charge is 2.40. The Bertz CT molecular complexity index is 466. The first kappa shape index (κ1) is 14.6. The summed E-state index contributed by atoms with van der Waals surface area (Å²) in [5.41, 5.74) is 0.750. The second-order valence-electron chi connectivity index (χ2n) is 5.59. The highest BCUT2D eigenvalue weighted by molar-refractivity contribution is 5.78. The molecule has 0 unspecified atom stereocenters. The lowest BCUT2D eigenvalue weighted by atomic mass is 9.74. The van der Waals surface area contributed by atoms with Gasteiger partial charge >= 0.3 is 5.97 Å². The molecular weight excluding hydrogens is 254 g/mol. The van der Waals surface area contributed by atoms with Crippen LogP contribution in [0.4, 0.5) is 0 Å². The molecule has 1 amide bonds. The predicted molar refractivity (Wildman–Crippen MR) is 76.4 cm³/mol. The molecule has 0 radical (unpaired) electrons. The van der Waals surface area contributed by atoms with Crippen LogP contribution in [0.3, 0.4) is 0 Å². The lowest BCUT2D eigenvalue weighted by Gasteiger charge is -2.41. The van der Waals surface area contributed by atoms with Crippen LogP contribution in [0.2, 0.25) is 0 Å². The predicted octanol–water partition coefficient (Wildman–Crippen LogP) is 2.52. The van der Waals surface area contributed by atoms with Crippen LogP contribution >= 0.6 is 0 Å². The van der Waals surface area contributed by atoms with Gasteiger partial charge in [0.05, 0.1) is 12.0 Å². The fraction of sp³-hybridized carbons (Fsp3) is 0.500. The van der Waals surface area contributed by atoms with E-state index in [1.165, 1.54) is 5.56 Å². The topological polar surface area (TPSA) is 66.4 Å². The van der Waals surface area contributed by atoms with Gasteiger partial charge in [0.25, 0.3) is 0 Å². The summed E-state index contributed by atoms with van der Waals surface area (Å²) in [6, 6.07) is 10.1. The number of carboxylic acids is 1. The van der Waals surface area contributed by atoms with Crippen molar-refractivity contribution in [2.75, 3.05) is 0 Å². The van der Waals surface area contributed by atoms with Crippen LogP contribution in [-0.4, -0.2) is 22.5 Å². The maximum atomic E-state index is 11.9. The number of hydrogen-bond acceptors (Lipinski definition) is 2. The van der Waals surface area contributed by atoms with Crippen molar-refractivity contribution in [3.8, 4) is 0 Å². The number of carbonyl (C=O) groups excluding carboxylic acids is 1. The number of hydrogen-bond donors (Lipinski definition) is 2. The number of nitrogens with one attached hydrogen (secondary N) is 1. The molecule has 0 bridgehead atoms. The molecule has 4 heteroatoms. The van der Waals surface area contributed by atoms with E-state index in [0.29, 0.717) is 6.42 Å². The lowest BCUT2D eigenvalue weighted by Crippen LogP contribution is -2.54. The van der Waals surface area contributed by atoms with Crippen LogP contribution in [0.1, 0.15) is 44.1 Å². The van der Waals surface area contributed by atoms with Crippen molar-refractivity contribution in [1.82, 2.24) is 5.32 Å². The van der Waals surface area contributed by atoms with Gasteiger partial charge in [-0.25, -0.2) is 0 Å². The zero-order valence-corrected chi connectivity index (χ0v) is 11.6. The molecule has 1 fully saturated rings. The Labute approximate surface area is 119 Å². The monoisotopic (exact) mass is 275 g/mol. The average molecular weight is 275 g/mol. The summed E-state index contributed by atoms with van der Waals surface area (Å²) in [4.78, 5) is 22.8. The van der Waals surface area contributed by atoms with E-state index < -0.39 is 11.5 Å². The van der Waals surface area contributed by atoms with E-state index in [4.69, 9.17) is 5.11 Å². The number of aryl methyl sites for hydroxylation is 1. The van der Waals surface area contributed by atoms with Crippen LogP contribution in [0.25, 0.3) is 0 Å². The Balaban J connectivity index is 1.73. The maximum absolute atomic E-state index is 11.9. The van der Waals surface area contributed by atoms with E-state index in [-0.39, 0.29) is 12.3 Å². The molecule has 0 heterocycles. The molecule has 0 atom stereocenters. The molecule has 1 aliphatic carbocycles. The molecule has 2 rings (SSSR count). The molecule has 1 aromatic carbocycles. The minimum atomic E-state index is -0.839. The van der Waals surface area contributed by atoms with E-state index in [9.17, 15) is 9.59 Å². The second-order valence-corrected chi connectivity index (χ2v) is 5.59. The van der Waals surface area contributed by atoms with E-state index in [1.54, 1.807) is 0 Å². The normalized spacial score (nSPS) is 16.2. The molecule has 2 N–H and O–H groups in total. The first-order valence-corrected chi connectivity index (χ1v) is 7.16. The summed E-state index contributed by atoms with van der Waals surface area (Å²) in [6.07, 6.45) is 4.72. The van der Waals surface area contributed by atoms with Crippen molar-refractivity contribution in [1.29, 1.82) is 0 Å². The summed E-state index contributed by atoms with van der Waals surface area (Å²) in [7, 11) is 0. The first-order valence-electron chi connectivity index (χ1n) is 7.16. The van der Waals surface area contributed by atoms with E-state index in [1.807, 2.05) is 18.2 Å². The second kappa shape index (κ2) is 6.55. The smallest absolute Gasteiger partial charge is 0.305 e. The molecule has 0 aliphatic heterocycles. The van der Waals surface area contributed by atoms with Crippen LogP contribution in [0.15, 0.2) is 30.3 Å². The minimum Gasteiger partial charge on any atom is -0.481 e. The quantitative estimate of drug-likeness (QED) is 0.803. The fourth-order valence-electron chi connectivity index (χ4n) is 2.70. The van der Waals surface area contributed by atoms with Crippen molar-refractivity contribution < 1.29 is 14.7 Å². The molecule has 0 spiro atoms. The fourth-order valence-corrected chi connectivity index (χ4v) is 2.70. The van der Waals surface area contributed by atoms with Gasteiger partial charge in [0.1, 0.15) is 0 Å². The summed E-state index contributed by atoms with van der Waals surface area (Å²) in [6.45, 7) is 0. The van der Waals surface area contributed by atoms with Crippen molar-refractivity contribution in [2.45, 2.75) is 50.5 Å². The van der Waals surface area contributed by atoms with Crippen molar-refractivity contribution in [3.05, 3.63) is 35.9 Å². The maximum Gasteiger partial charge on any atom is 0.305 e. The van der Waals surface area contributed by atoms with Gasteiger partial charge in [0.15, 0.2) is 0 Å². The number of benzene rings is 1. The van der Waals surface area contributed by atoms with Gasteiger partial charge in [-0.05, 0) is 37.7 Å². The highest BCUT2D eigenvalue weighted by atomic mass is 16.4. The Hall–Kier alpha value is -1.84. The molecule has 108 valence electrons. The highest BCUT2D eigenvalue weighted by Crippen LogP contribution is 2.35. The van der Waals surface area contributed by atoms with Crippen LogP contribution in [0, 0.1) is 0 Å². The van der Waals surface area contributed by atoms with E-state index in [0.717, 1.165) is 32.1 Å². The third kappa shape index (κ3) is 4.08. The summed E-state index contributed by atoms with van der Waals surface area (Å²) < 4.78 is 0. The molecule has 1 saturated carbocycles. The third-order valence-electron chi connectivity index (χ3n) is 3.92. The molecule has 1 aromatic rings. The van der Waals surface area contributed by atoms with Crippen LogP contribution in [0.5, 0.6) is 0 Å². The van der Waals surface area contributed by atoms with Crippen LogP contribution < -0.4 is 5.32 Å². The summed E-state index contributed by atoms with van der Waals surface area (Å²) >= 11 is 0. The third-order valence-corrected chi connectivity index (χ3v) is 3.92. The Morgan fingerprint density at radius 3 is 2.45 bits per heavy atom. The molecule has 0 saturated heterocycles. The largest absolute Gasteiger partial charge is 0.481 e. The SMILES string of the molecule is O=C(O)CC1(NC(=O)CCCc2ccccc2)CCC1. The Morgan fingerprint density at radius 1 is 1.20 bits per heavy atom. The number of amides is 1. The first-order chi connectivity index (χ1) is 9.60. The van der Waals surface area contributed by atoms with Gasteiger partial charge in [0.2, 0.25) is 5.91 Å². The number of aliphatic carboxylic acids is 1. The van der Waals surface area contributed by atoms with Crippen LogP contribution in [-0.2, 0) is 16.0 Å². The Kier molecular flexibility index (Phi) is 4.77. The summed E-state index contributed by atoms with van der Waals surface area (Å²) in [5.74, 6) is -0.865. The van der Waals surface area contributed by atoms with Gasteiger partial charge in [-0.15, -0.1) is 0 Å². The standard InChI is InChI=1S/C16H21NO3/c18-14(9-4-8-13-6-2-1-3-7-13)17-16(10-5-11-16)12-15(19)20/h1-3,6-7H,4-5,8-12H2,(H,17,18)(H,19,20). The zero-order chi connectivity index (χ0) is 14.4. The zero-order valence-electron chi connectivity index (χ0n) is 11.6. The van der Waals surface area contributed by atoms with Crippen molar-refractivity contribution in [2.24, 2.45) is 0 Å². The number of carboxylic acid groups (broad SMARTS) is 1. The minimum absolute atomic E-state index is 0.0260. The van der Waals surface area contributed by atoms with E-state index >= 15 is 0 Å². The Morgan fingerprint density at radius 2 is 1.90 bits per heavy atom. The molecule has 20 heavy (non-hydrogen) atoms. The lowest BCUT2D eigenvalue weighted by molar-refractivity contribution is -0.140. The van der Waals surface area contributed by atoms with Gasteiger partial charge in [-0.3, -0.25) is 9.59 Å². The average Bonchev–Trinajstić information content (AvgIpc) is 2.37. The molecule has 0 aromatic heterocycles. The van der Waals surface area contributed by atoms with Gasteiger partial charge in [-0.2, -0.15) is 0 Å². The number of carbonyl (C=O) groups is 2. The van der Waals surface area contributed by atoms with Gasteiger partial charge < -0.3 is 10.4 Å². The van der Waals surface area contributed by atoms with Gasteiger partial charge in [-0.1, -0.05) is 30.3 Å². The van der Waals surface area contributed by atoms with E-state index in [2.05, 4.69) is 17.4 Å². The molecule has 1 aliphatic rings. The molecule has 4 nitrogen and oxygen atoms in total. The van der Waals surface area contributed by atoms with Crippen molar-refractivity contribution in [3.63, 3.8) is 0 Å². The van der Waals surface area contributed by atoms with Gasteiger partial charge in [0, 0.05) is 6.42 Å². The van der Waals surface area contributed by atoms with Crippen molar-refractivity contribution >= 4 is 11.9 Å². The molecular formula is C16H21NO3. The number of rotatable bonds is 7.